The molecule has 3 aromatic heterocycles. The Balaban J connectivity index is 1.54. The van der Waals surface area contributed by atoms with Gasteiger partial charge in [0.2, 0.25) is 0 Å². The molecule has 2 unspecified atom stereocenters. The normalized spacial score (nSPS) is 18.5. The molecule has 11 heteroatoms. The average molecular weight is 529 g/mol. The molecule has 1 aliphatic rings. The lowest BCUT2D eigenvalue weighted by molar-refractivity contribution is -0.184. The van der Waals surface area contributed by atoms with Crippen LogP contribution < -0.4 is 4.74 Å². The molecule has 0 spiro atoms. The van der Waals surface area contributed by atoms with E-state index in [2.05, 4.69) is 10.2 Å². The minimum absolute atomic E-state index is 0.0823. The number of para-hydroxylation sites is 1. The van der Waals surface area contributed by atoms with Gasteiger partial charge in [-0.25, -0.2) is 4.98 Å². The third-order valence-electron chi connectivity index (χ3n) is 6.98. The summed E-state index contributed by atoms with van der Waals surface area (Å²) >= 11 is 0. The number of likely N-dealkylation sites (N-methyl/N-ethyl adjacent to an activating group) is 1. The third-order valence-corrected chi connectivity index (χ3v) is 6.98. The second kappa shape index (κ2) is 10.5. The zero-order valence-electron chi connectivity index (χ0n) is 21.8. The van der Waals surface area contributed by atoms with E-state index >= 15 is 0 Å². The van der Waals surface area contributed by atoms with Gasteiger partial charge in [-0.15, -0.1) is 10.2 Å². The fraction of sp³-hybridized carbons (Fsp3) is 0.444. The van der Waals surface area contributed by atoms with Crippen LogP contribution in [0.25, 0.3) is 28.1 Å². The number of ether oxygens (including phenoxy) is 2. The zero-order chi connectivity index (χ0) is 27.0. The smallest absolute Gasteiger partial charge is 0.408 e. The summed E-state index contributed by atoms with van der Waals surface area (Å²) in [5.41, 5.74) is 1.69. The van der Waals surface area contributed by atoms with Crippen molar-refractivity contribution in [3.63, 3.8) is 0 Å². The molecule has 4 aromatic rings. The summed E-state index contributed by atoms with van der Waals surface area (Å²) < 4.78 is 55.9. The minimum Gasteiger partial charge on any atom is -0.486 e. The molecule has 8 nitrogen and oxygen atoms in total. The van der Waals surface area contributed by atoms with Crippen molar-refractivity contribution in [1.82, 2.24) is 29.4 Å². The van der Waals surface area contributed by atoms with E-state index in [1.807, 2.05) is 50.2 Å². The highest BCUT2D eigenvalue weighted by Crippen LogP contribution is 2.40. The highest BCUT2D eigenvalue weighted by atomic mass is 19.4. The van der Waals surface area contributed by atoms with E-state index in [4.69, 9.17) is 14.5 Å². The first-order chi connectivity index (χ1) is 18.2. The van der Waals surface area contributed by atoms with E-state index in [0.717, 1.165) is 5.39 Å². The van der Waals surface area contributed by atoms with Crippen LogP contribution in [0, 0.1) is 0 Å². The number of hydrogen-bond donors (Lipinski definition) is 0. The van der Waals surface area contributed by atoms with Crippen molar-refractivity contribution in [3.05, 3.63) is 54.2 Å². The quantitative estimate of drug-likeness (QED) is 0.331. The second-order valence-corrected chi connectivity index (χ2v) is 9.97. The standard InChI is InChI=1S/C27H31F3N6O2/c1-17(16-37-4)38-22-7-5-6-18-8-10-21(31-24(18)22)26-33-32-23-11-9-19(14-36(23)26)25(27(28,29)30)35-13-12-20(15-35)34(2)3/h5-11,14,17,20,25H,12-13,15-16H2,1-4H3/t17?,20?,25-/m1/s1. The molecular formula is C27H31F3N6O2. The van der Waals surface area contributed by atoms with Gasteiger partial charge in [0.25, 0.3) is 0 Å². The van der Waals surface area contributed by atoms with E-state index in [-0.39, 0.29) is 17.7 Å². The molecule has 0 N–H and O–H groups in total. The molecule has 1 saturated heterocycles. The first-order valence-corrected chi connectivity index (χ1v) is 12.5. The molecule has 1 fully saturated rings. The van der Waals surface area contributed by atoms with Crippen LogP contribution in [0.1, 0.15) is 24.9 Å². The lowest BCUT2D eigenvalue weighted by Gasteiger charge is -2.30. The summed E-state index contributed by atoms with van der Waals surface area (Å²) in [6.45, 7) is 3.04. The Bertz CT molecular complexity index is 1420. The summed E-state index contributed by atoms with van der Waals surface area (Å²) in [7, 11) is 5.41. The van der Waals surface area contributed by atoms with Gasteiger partial charge >= 0.3 is 6.18 Å². The van der Waals surface area contributed by atoms with Crippen LogP contribution in [0.3, 0.4) is 0 Å². The Morgan fingerprint density at radius 2 is 1.92 bits per heavy atom. The van der Waals surface area contributed by atoms with E-state index in [0.29, 0.717) is 54.5 Å². The van der Waals surface area contributed by atoms with Crippen molar-refractivity contribution in [2.24, 2.45) is 0 Å². The Morgan fingerprint density at radius 1 is 1.11 bits per heavy atom. The molecular weight excluding hydrogens is 497 g/mol. The molecule has 0 bridgehead atoms. The Labute approximate surface area is 219 Å². The number of rotatable bonds is 8. The number of hydrogen-bond acceptors (Lipinski definition) is 7. The van der Waals surface area contributed by atoms with Crippen LogP contribution in [-0.2, 0) is 4.74 Å². The van der Waals surface area contributed by atoms with Gasteiger partial charge in [0.05, 0.1) is 6.61 Å². The Kier molecular flexibility index (Phi) is 7.26. The number of benzene rings is 1. The lowest BCUT2D eigenvalue weighted by atomic mass is 10.1. The van der Waals surface area contributed by atoms with E-state index < -0.39 is 12.2 Å². The van der Waals surface area contributed by atoms with Crippen molar-refractivity contribution >= 4 is 16.6 Å². The predicted molar refractivity (Wildman–Crippen MR) is 138 cm³/mol. The van der Waals surface area contributed by atoms with Crippen LogP contribution >= 0.6 is 0 Å². The number of likely N-dealkylation sites (tertiary alicyclic amines) is 1. The van der Waals surface area contributed by atoms with Gasteiger partial charge in [-0.1, -0.05) is 24.3 Å². The number of pyridine rings is 2. The number of nitrogens with zero attached hydrogens (tertiary/aromatic N) is 6. The molecule has 202 valence electrons. The number of fused-ring (bicyclic) bond motifs is 2. The maximum Gasteiger partial charge on any atom is 0.408 e. The van der Waals surface area contributed by atoms with Crippen LogP contribution in [0.5, 0.6) is 5.75 Å². The topological polar surface area (TPSA) is 68.0 Å². The molecule has 1 aromatic carbocycles. The SMILES string of the molecule is COCC(C)Oc1cccc2ccc(-c3nnc4ccc([C@@H](N5CCC(N(C)C)C5)C(F)(F)F)cn34)nc12. The molecule has 0 radical (unpaired) electrons. The summed E-state index contributed by atoms with van der Waals surface area (Å²) in [6.07, 6.45) is -2.45. The molecule has 3 atom stereocenters. The van der Waals surface area contributed by atoms with Gasteiger partial charge in [-0.05, 0) is 51.2 Å². The molecule has 5 rings (SSSR count). The van der Waals surface area contributed by atoms with Crippen LogP contribution in [0.15, 0.2) is 48.7 Å². The first-order valence-electron chi connectivity index (χ1n) is 12.5. The zero-order valence-corrected chi connectivity index (χ0v) is 21.8. The molecule has 0 aliphatic carbocycles. The van der Waals surface area contributed by atoms with Gasteiger partial charge in [-0.3, -0.25) is 9.30 Å². The Hall–Kier alpha value is -3.28. The monoisotopic (exact) mass is 528 g/mol. The first kappa shape index (κ1) is 26.3. The van der Waals surface area contributed by atoms with Crippen molar-refractivity contribution in [3.8, 4) is 17.3 Å². The van der Waals surface area contributed by atoms with Gasteiger partial charge in [0.15, 0.2) is 11.5 Å². The van der Waals surface area contributed by atoms with E-state index in [9.17, 15) is 13.2 Å². The second-order valence-electron chi connectivity index (χ2n) is 9.97. The lowest BCUT2D eigenvalue weighted by Crippen LogP contribution is -2.39. The van der Waals surface area contributed by atoms with E-state index in [1.165, 1.54) is 17.2 Å². The fourth-order valence-electron chi connectivity index (χ4n) is 5.10. The molecule has 0 amide bonds. The van der Waals surface area contributed by atoms with Crippen molar-refractivity contribution in [2.75, 3.05) is 40.9 Å². The largest absolute Gasteiger partial charge is 0.486 e. The highest BCUT2D eigenvalue weighted by Gasteiger charge is 2.47. The van der Waals surface area contributed by atoms with Gasteiger partial charge < -0.3 is 14.4 Å². The van der Waals surface area contributed by atoms with Crippen LogP contribution in [0.2, 0.25) is 0 Å². The van der Waals surface area contributed by atoms with Gasteiger partial charge in [-0.2, -0.15) is 13.2 Å². The molecule has 38 heavy (non-hydrogen) atoms. The molecule has 4 heterocycles. The van der Waals surface area contributed by atoms with Crippen molar-refractivity contribution in [1.29, 1.82) is 0 Å². The summed E-state index contributed by atoms with van der Waals surface area (Å²) in [5, 5.41) is 9.33. The van der Waals surface area contributed by atoms with E-state index in [1.54, 1.807) is 23.6 Å². The summed E-state index contributed by atoms with van der Waals surface area (Å²) in [6, 6.07) is 10.7. The van der Waals surface area contributed by atoms with Crippen LogP contribution in [0.4, 0.5) is 13.2 Å². The number of halogens is 3. The number of alkyl halides is 3. The predicted octanol–water partition coefficient (Wildman–Crippen LogP) is 4.60. The van der Waals surface area contributed by atoms with Crippen molar-refractivity contribution < 1.29 is 22.6 Å². The minimum atomic E-state index is -4.44. The van der Waals surface area contributed by atoms with Crippen LogP contribution in [-0.4, -0.2) is 88.6 Å². The number of methoxy groups -OCH3 is 1. The average Bonchev–Trinajstić information content (AvgIpc) is 3.51. The Morgan fingerprint density at radius 3 is 2.63 bits per heavy atom. The van der Waals surface area contributed by atoms with Crippen molar-refractivity contribution in [2.45, 2.75) is 37.7 Å². The summed E-state index contributed by atoms with van der Waals surface area (Å²) in [4.78, 5) is 8.27. The van der Waals surface area contributed by atoms with Gasteiger partial charge in [0, 0.05) is 37.8 Å². The number of aromatic nitrogens is 4. The summed E-state index contributed by atoms with van der Waals surface area (Å²) in [5.74, 6) is 0.946. The molecule has 0 saturated carbocycles. The highest BCUT2D eigenvalue weighted by molar-refractivity contribution is 5.86. The third kappa shape index (κ3) is 5.18. The fourth-order valence-corrected chi connectivity index (χ4v) is 5.10. The maximum absolute atomic E-state index is 14.4. The maximum atomic E-state index is 14.4. The molecule has 1 aliphatic heterocycles. The van der Waals surface area contributed by atoms with Gasteiger partial charge in [0.1, 0.15) is 29.1 Å².